The van der Waals surface area contributed by atoms with Gasteiger partial charge < -0.3 is 35.0 Å². The number of unbranched alkanes of at least 4 members (excludes halogenated alkanes) is 1. The molecule has 3 rings (SSSR count). The van der Waals surface area contributed by atoms with E-state index in [4.69, 9.17) is 9.47 Å². The van der Waals surface area contributed by atoms with E-state index < -0.39 is 28.4 Å². The maximum absolute atomic E-state index is 12.6. The zero-order valence-electron chi connectivity index (χ0n) is 24.8. The summed E-state index contributed by atoms with van der Waals surface area (Å²) in [5.41, 5.74) is -1.67. The van der Waals surface area contributed by atoms with Crippen LogP contribution in [-0.4, -0.2) is 76.0 Å². The predicted molar refractivity (Wildman–Crippen MR) is 159 cm³/mol. The van der Waals surface area contributed by atoms with Gasteiger partial charge in [-0.25, -0.2) is 9.59 Å². The SMILES string of the molecule is CCN1C(C)=C(C(=O)O)C(C)(c2cc([N+](=O)[O-])ccc2OCCCCNCC(O)COc2ccccc2)C(C(=O)O)=C1C. The van der Waals surface area contributed by atoms with Crippen molar-refractivity contribution in [2.45, 2.75) is 52.1 Å². The lowest BCUT2D eigenvalue weighted by Gasteiger charge is -2.43. The first-order valence-electron chi connectivity index (χ1n) is 14.1. The summed E-state index contributed by atoms with van der Waals surface area (Å²) in [7, 11) is 0. The highest BCUT2D eigenvalue weighted by atomic mass is 16.6. The highest BCUT2D eigenvalue weighted by molar-refractivity contribution is 6.00. The second-order valence-electron chi connectivity index (χ2n) is 10.4. The number of aliphatic carboxylic acids is 2. The Bertz CT molecular complexity index is 1350. The maximum Gasteiger partial charge on any atom is 0.334 e. The number of hydrogen-bond acceptors (Lipinski definition) is 9. The minimum absolute atomic E-state index is 0.0885. The molecule has 0 fully saturated rings. The maximum atomic E-state index is 12.6. The van der Waals surface area contributed by atoms with Gasteiger partial charge in [0.2, 0.25) is 0 Å². The highest BCUT2D eigenvalue weighted by Crippen LogP contribution is 2.50. The van der Waals surface area contributed by atoms with E-state index in [-0.39, 0.29) is 41.4 Å². The van der Waals surface area contributed by atoms with Gasteiger partial charge in [-0.05, 0) is 65.3 Å². The standard InChI is InChI=1S/C31H39N3O9/c1-5-33-20(2)27(29(36)37)31(4,28(21(33)3)30(38)39)25-17-22(34(40)41)13-14-26(25)42-16-10-9-15-32-18-23(35)19-43-24-11-7-6-8-12-24/h6-8,11-14,17,23,32,35H,5,9-10,15-16,18-19H2,1-4H3,(H,36,37)(H,38,39). The molecule has 0 amide bonds. The first-order valence-corrected chi connectivity index (χ1v) is 14.1. The number of benzene rings is 2. The van der Waals surface area contributed by atoms with Gasteiger partial charge in [0.25, 0.3) is 5.69 Å². The van der Waals surface area contributed by atoms with Crippen molar-refractivity contribution in [3.05, 3.63) is 86.7 Å². The summed E-state index contributed by atoms with van der Waals surface area (Å²) in [6, 6.07) is 13.0. The Morgan fingerprint density at radius 1 is 1.02 bits per heavy atom. The second-order valence-corrected chi connectivity index (χ2v) is 10.4. The molecule has 2 aromatic rings. The number of carboxylic acids is 2. The predicted octanol–water partition coefficient (Wildman–Crippen LogP) is 4.09. The molecule has 0 saturated carbocycles. The van der Waals surface area contributed by atoms with Crippen LogP contribution in [0.5, 0.6) is 11.5 Å². The summed E-state index contributed by atoms with van der Waals surface area (Å²) >= 11 is 0. The summed E-state index contributed by atoms with van der Waals surface area (Å²) in [6.07, 6.45) is 0.552. The van der Waals surface area contributed by atoms with Crippen LogP contribution in [0, 0.1) is 10.1 Å². The van der Waals surface area contributed by atoms with Crippen molar-refractivity contribution < 1.29 is 39.3 Å². The van der Waals surface area contributed by atoms with E-state index in [0.717, 1.165) is 0 Å². The monoisotopic (exact) mass is 597 g/mol. The minimum atomic E-state index is -1.75. The Morgan fingerprint density at radius 3 is 2.21 bits per heavy atom. The third kappa shape index (κ3) is 7.51. The number of carboxylic acid groups (broad SMARTS) is 2. The summed E-state index contributed by atoms with van der Waals surface area (Å²) < 4.78 is 11.6. The molecule has 1 aliphatic rings. The van der Waals surface area contributed by atoms with Gasteiger partial charge in [0, 0.05) is 42.2 Å². The summed E-state index contributed by atoms with van der Waals surface area (Å²) in [6.45, 7) is 8.04. The van der Waals surface area contributed by atoms with Crippen molar-refractivity contribution >= 4 is 17.6 Å². The molecule has 0 spiro atoms. The topological polar surface area (TPSA) is 172 Å². The van der Waals surface area contributed by atoms with Crippen molar-refractivity contribution in [1.82, 2.24) is 10.2 Å². The number of para-hydroxylation sites is 1. The van der Waals surface area contributed by atoms with Crippen LogP contribution in [0.3, 0.4) is 0 Å². The quantitative estimate of drug-likeness (QED) is 0.125. The first-order chi connectivity index (χ1) is 20.4. The molecule has 4 N–H and O–H groups in total. The van der Waals surface area contributed by atoms with Gasteiger partial charge in [-0.1, -0.05) is 18.2 Å². The fraction of sp³-hybridized carbons (Fsp3) is 0.419. The van der Waals surface area contributed by atoms with Crippen LogP contribution < -0.4 is 14.8 Å². The van der Waals surface area contributed by atoms with Crippen molar-refractivity contribution in [2.24, 2.45) is 0 Å². The zero-order valence-corrected chi connectivity index (χ0v) is 24.8. The molecule has 43 heavy (non-hydrogen) atoms. The lowest BCUT2D eigenvalue weighted by atomic mass is 9.66. The zero-order chi connectivity index (χ0) is 31.7. The number of nitrogens with one attached hydrogen (secondary N) is 1. The van der Waals surface area contributed by atoms with Crippen LogP contribution >= 0.6 is 0 Å². The van der Waals surface area contributed by atoms with E-state index in [1.54, 1.807) is 25.7 Å². The number of carbonyl (C=O) groups is 2. The third-order valence-electron chi connectivity index (χ3n) is 7.56. The number of non-ortho nitro benzene ring substituents is 1. The average molecular weight is 598 g/mol. The van der Waals surface area contributed by atoms with Gasteiger partial charge in [0.05, 0.1) is 28.1 Å². The van der Waals surface area contributed by atoms with Crippen LogP contribution in [0.25, 0.3) is 0 Å². The molecule has 1 unspecified atom stereocenters. The van der Waals surface area contributed by atoms with E-state index in [9.17, 15) is 35.0 Å². The number of rotatable bonds is 16. The lowest BCUT2D eigenvalue weighted by Crippen LogP contribution is -2.44. The molecule has 1 atom stereocenters. The summed E-state index contributed by atoms with van der Waals surface area (Å²) in [4.78, 5) is 38.0. The molecule has 12 heteroatoms. The average Bonchev–Trinajstić information content (AvgIpc) is 2.95. The van der Waals surface area contributed by atoms with E-state index in [1.807, 2.05) is 30.3 Å². The van der Waals surface area contributed by atoms with Crippen LogP contribution in [-0.2, 0) is 15.0 Å². The van der Waals surface area contributed by atoms with Crippen molar-refractivity contribution in [3.8, 4) is 11.5 Å². The number of nitro groups is 1. The highest BCUT2D eigenvalue weighted by Gasteiger charge is 2.50. The summed E-state index contributed by atoms with van der Waals surface area (Å²) in [5.74, 6) is -1.82. The van der Waals surface area contributed by atoms with E-state index in [0.29, 0.717) is 49.6 Å². The lowest BCUT2D eigenvalue weighted by molar-refractivity contribution is -0.385. The number of ether oxygens (including phenoxy) is 2. The van der Waals surface area contributed by atoms with Gasteiger partial charge in [0.1, 0.15) is 24.2 Å². The number of allylic oxidation sites excluding steroid dienone is 2. The molecule has 0 bridgehead atoms. The molecule has 2 aromatic carbocycles. The smallest absolute Gasteiger partial charge is 0.334 e. The number of aliphatic hydroxyl groups is 1. The van der Waals surface area contributed by atoms with Gasteiger partial charge in [-0.15, -0.1) is 0 Å². The van der Waals surface area contributed by atoms with Gasteiger partial charge in [-0.2, -0.15) is 0 Å². The van der Waals surface area contributed by atoms with E-state index in [1.165, 1.54) is 25.1 Å². The molecule has 1 aliphatic heterocycles. The number of aliphatic hydroxyl groups excluding tert-OH is 1. The number of hydrogen-bond donors (Lipinski definition) is 4. The van der Waals surface area contributed by atoms with Gasteiger partial charge in [-0.3, -0.25) is 10.1 Å². The van der Waals surface area contributed by atoms with Crippen LogP contribution in [0.15, 0.2) is 71.1 Å². The van der Waals surface area contributed by atoms with E-state index in [2.05, 4.69) is 5.32 Å². The molecule has 1 heterocycles. The van der Waals surface area contributed by atoms with Crippen LogP contribution in [0.1, 0.15) is 46.1 Å². The molecular weight excluding hydrogens is 558 g/mol. The Balaban J connectivity index is 1.74. The van der Waals surface area contributed by atoms with E-state index >= 15 is 0 Å². The van der Waals surface area contributed by atoms with Gasteiger partial charge >= 0.3 is 11.9 Å². The fourth-order valence-corrected chi connectivity index (χ4v) is 5.57. The molecule has 0 radical (unpaired) electrons. The molecule has 0 aliphatic carbocycles. The molecule has 0 aromatic heterocycles. The molecular formula is C31H39N3O9. The largest absolute Gasteiger partial charge is 0.493 e. The Hall–Kier alpha value is -4.42. The van der Waals surface area contributed by atoms with Crippen LogP contribution in [0.2, 0.25) is 0 Å². The first kappa shape index (κ1) is 33.1. The normalized spacial score (nSPS) is 15.3. The second kappa shape index (κ2) is 14.7. The number of nitro benzene ring substituents is 1. The Labute approximate surface area is 250 Å². The van der Waals surface area contributed by atoms with Crippen LogP contribution in [0.4, 0.5) is 5.69 Å². The molecule has 12 nitrogen and oxygen atoms in total. The fourth-order valence-electron chi connectivity index (χ4n) is 5.57. The number of nitrogens with zero attached hydrogens (tertiary/aromatic N) is 2. The Kier molecular flexibility index (Phi) is 11.3. The Morgan fingerprint density at radius 2 is 1.65 bits per heavy atom. The third-order valence-corrected chi connectivity index (χ3v) is 7.56. The molecule has 232 valence electrons. The van der Waals surface area contributed by atoms with Crippen molar-refractivity contribution in [2.75, 3.05) is 32.8 Å². The molecule has 0 saturated heterocycles. The summed E-state index contributed by atoms with van der Waals surface area (Å²) in [5, 5.41) is 45.6. The minimum Gasteiger partial charge on any atom is -0.493 e. The van der Waals surface area contributed by atoms with Crippen molar-refractivity contribution in [1.29, 1.82) is 0 Å². The van der Waals surface area contributed by atoms with Gasteiger partial charge in [0.15, 0.2) is 0 Å². The van der Waals surface area contributed by atoms with Crippen molar-refractivity contribution in [3.63, 3.8) is 0 Å².